The molecule has 0 aromatic heterocycles. The number of halogens is 2. The van der Waals surface area contributed by atoms with Crippen LogP contribution < -0.4 is 5.32 Å². The van der Waals surface area contributed by atoms with E-state index in [0.717, 1.165) is 17.3 Å². The Labute approximate surface area is 125 Å². The Hall–Kier alpha value is -1.75. The van der Waals surface area contributed by atoms with Crippen LogP contribution in [0.3, 0.4) is 0 Å². The summed E-state index contributed by atoms with van der Waals surface area (Å²) in [6.07, 6.45) is 1.66. The van der Waals surface area contributed by atoms with Crippen molar-refractivity contribution in [1.29, 1.82) is 0 Å². The molecule has 1 N–H and O–H groups in total. The largest absolute Gasteiger partial charge is 0.379 e. The lowest BCUT2D eigenvalue weighted by Crippen LogP contribution is -2.07. The molecule has 0 spiro atoms. The highest BCUT2D eigenvalue weighted by Gasteiger charge is 2.09. The minimum atomic E-state index is -0.898. The number of anilines is 1. The van der Waals surface area contributed by atoms with Crippen LogP contribution >= 0.6 is 0 Å². The maximum Gasteiger partial charge on any atom is 0.159 e. The quantitative estimate of drug-likeness (QED) is 0.904. The lowest BCUT2D eigenvalue weighted by molar-refractivity contribution is 0.506. The molecule has 112 valence electrons. The highest BCUT2D eigenvalue weighted by Crippen LogP contribution is 2.22. The molecule has 5 heteroatoms. The standard InChI is InChI=1S/C16H17F2NOS/c1-11(13-6-7-15(17)16(18)9-13)19-14-5-3-4-12(8-14)10-21(2)20/h3-9,11,19H,10H2,1-2H3/t11-,21+/m0/s1. The summed E-state index contributed by atoms with van der Waals surface area (Å²) in [7, 11) is -0.898. The van der Waals surface area contributed by atoms with Gasteiger partial charge < -0.3 is 5.32 Å². The van der Waals surface area contributed by atoms with Gasteiger partial charge in [0.25, 0.3) is 0 Å². The molecule has 0 radical (unpaired) electrons. The normalized spacial score (nSPS) is 13.7. The minimum Gasteiger partial charge on any atom is -0.379 e. The second-order valence-electron chi connectivity index (χ2n) is 4.96. The Bertz CT molecular complexity index is 660. The van der Waals surface area contributed by atoms with E-state index < -0.39 is 22.4 Å². The van der Waals surface area contributed by atoms with Crippen molar-refractivity contribution in [2.24, 2.45) is 0 Å². The first kappa shape index (κ1) is 15.6. The Balaban J connectivity index is 2.13. The summed E-state index contributed by atoms with van der Waals surface area (Å²) in [5, 5.41) is 3.23. The summed E-state index contributed by atoms with van der Waals surface area (Å²) in [5.74, 6) is -1.20. The highest BCUT2D eigenvalue weighted by atomic mass is 32.2. The number of hydrogen-bond acceptors (Lipinski definition) is 2. The van der Waals surface area contributed by atoms with Gasteiger partial charge in [0.15, 0.2) is 11.6 Å². The van der Waals surface area contributed by atoms with Crippen LogP contribution in [-0.2, 0) is 16.6 Å². The van der Waals surface area contributed by atoms with Crippen molar-refractivity contribution in [2.75, 3.05) is 11.6 Å². The molecule has 2 nitrogen and oxygen atoms in total. The average Bonchev–Trinajstić information content (AvgIpc) is 2.41. The monoisotopic (exact) mass is 309 g/mol. The molecule has 0 amide bonds. The SMILES string of the molecule is C[C@H](Nc1cccc(C[S@@](C)=O)c1)c1ccc(F)c(F)c1. The molecule has 0 bridgehead atoms. The summed E-state index contributed by atoms with van der Waals surface area (Å²) in [4.78, 5) is 0. The molecular formula is C16H17F2NOS. The van der Waals surface area contributed by atoms with Gasteiger partial charge in [0.1, 0.15) is 0 Å². The Morgan fingerprint density at radius 3 is 2.57 bits per heavy atom. The van der Waals surface area contributed by atoms with Gasteiger partial charge in [-0.1, -0.05) is 18.2 Å². The fourth-order valence-corrected chi connectivity index (χ4v) is 2.75. The molecule has 0 unspecified atom stereocenters. The zero-order valence-electron chi connectivity index (χ0n) is 11.9. The van der Waals surface area contributed by atoms with Gasteiger partial charge in [0.05, 0.1) is 0 Å². The van der Waals surface area contributed by atoms with Crippen molar-refractivity contribution in [3.05, 3.63) is 65.2 Å². The van der Waals surface area contributed by atoms with Gasteiger partial charge in [-0.2, -0.15) is 0 Å². The van der Waals surface area contributed by atoms with Gasteiger partial charge >= 0.3 is 0 Å². The predicted molar refractivity (Wildman–Crippen MR) is 82.6 cm³/mol. The van der Waals surface area contributed by atoms with Crippen LogP contribution in [0.2, 0.25) is 0 Å². The molecule has 2 aromatic rings. The fourth-order valence-electron chi connectivity index (χ4n) is 2.10. The first-order valence-electron chi connectivity index (χ1n) is 6.56. The predicted octanol–water partition coefficient (Wildman–Crippen LogP) is 4.02. The van der Waals surface area contributed by atoms with E-state index in [9.17, 15) is 13.0 Å². The molecule has 21 heavy (non-hydrogen) atoms. The molecule has 0 aliphatic rings. The van der Waals surface area contributed by atoms with E-state index in [1.165, 1.54) is 6.07 Å². The molecule has 0 aliphatic carbocycles. The third-order valence-corrected chi connectivity index (χ3v) is 3.86. The second-order valence-corrected chi connectivity index (χ2v) is 6.39. The van der Waals surface area contributed by atoms with Gasteiger partial charge in [-0.05, 0) is 42.3 Å². The maximum atomic E-state index is 13.2. The maximum absolute atomic E-state index is 13.2. The van der Waals surface area contributed by atoms with Crippen molar-refractivity contribution >= 4 is 16.5 Å². The third kappa shape index (κ3) is 4.36. The lowest BCUT2D eigenvalue weighted by atomic mass is 10.1. The van der Waals surface area contributed by atoms with Crippen LogP contribution in [0.1, 0.15) is 24.1 Å². The molecule has 0 aliphatic heterocycles. The molecule has 0 fully saturated rings. The van der Waals surface area contributed by atoms with Crippen LogP contribution in [0.5, 0.6) is 0 Å². The van der Waals surface area contributed by atoms with E-state index in [4.69, 9.17) is 0 Å². The fraction of sp³-hybridized carbons (Fsp3) is 0.250. The van der Waals surface area contributed by atoms with Gasteiger partial charge in [-0.15, -0.1) is 0 Å². The summed E-state index contributed by atoms with van der Waals surface area (Å²) < 4.78 is 37.4. The van der Waals surface area contributed by atoms with E-state index in [1.807, 2.05) is 31.2 Å². The number of benzene rings is 2. The Kier molecular flexibility index (Phi) is 5.07. The number of hydrogen-bond donors (Lipinski definition) is 1. The Morgan fingerprint density at radius 2 is 1.90 bits per heavy atom. The first-order valence-corrected chi connectivity index (χ1v) is 8.29. The molecule has 0 saturated heterocycles. The zero-order chi connectivity index (χ0) is 15.4. The third-order valence-electron chi connectivity index (χ3n) is 3.12. The molecule has 2 aromatic carbocycles. The van der Waals surface area contributed by atoms with E-state index >= 15 is 0 Å². The van der Waals surface area contributed by atoms with E-state index in [-0.39, 0.29) is 6.04 Å². The van der Waals surface area contributed by atoms with Crippen LogP contribution in [0.4, 0.5) is 14.5 Å². The van der Waals surface area contributed by atoms with E-state index in [1.54, 1.807) is 12.3 Å². The molecule has 2 atom stereocenters. The van der Waals surface area contributed by atoms with Crippen LogP contribution in [-0.4, -0.2) is 10.5 Å². The van der Waals surface area contributed by atoms with Gasteiger partial charge in [-0.3, -0.25) is 4.21 Å². The average molecular weight is 309 g/mol. The van der Waals surface area contributed by atoms with Crippen molar-refractivity contribution in [1.82, 2.24) is 0 Å². The molecule has 0 saturated carbocycles. The number of rotatable bonds is 5. The smallest absolute Gasteiger partial charge is 0.159 e. The summed E-state index contributed by atoms with van der Waals surface area (Å²) in [5.41, 5.74) is 2.49. The molecule has 2 rings (SSSR count). The van der Waals surface area contributed by atoms with Gasteiger partial charge in [0, 0.05) is 34.5 Å². The van der Waals surface area contributed by atoms with Crippen LogP contribution in [0, 0.1) is 11.6 Å². The minimum absolute atomic E-state index is 0.164. The van der Waals surface area contributed by atoms with Gasteiger partial charge in [-0.25, -0.2) is 8.78 Å². The zero-order valence-corrected chi connectivity index (χ0v) is 12.7. The summed E-state index contributed by atoms with van der Waals surface area (Å²) in [6, 6.07) is 11.3. The first-order chi connectivity index (χ1) is 9.95. The van der Waals surface area contributed by atoms with Crippen LogP contribution in [0.15, 0.2) is 42.5 Å². The Morgan fingerprint density at radius 1 is 1.14 bits per heavy atom. The van der Waals surface area contributed by atoms with Crippen molar-refractivity contribution in [3.63, 3.8) is 0 Å². The van der Waals surface area contributed by atoms with E-state index in [2.05, 4.69) is 5.32 Å². The number of nitrogens with one attached hydrogen (secondary N) is 1. The second kappa shape index (κ2) is 6.80. The topological polar surface area (TPSA) is 29.1 Å². The van der Waals surface area contributed by atoms with Crippen molar-refractivity contribution in [2.45, 2.75) is 18.7 Å². The molecular weight excluding hydrogens is 292 g/mol. The lowest BCUT2D eigenvalue weighted by Gasteiger charge is -2.16. The summed E-state index contributed by atoms with van der Waals surface area (Å²) in [6.45, 7) is 1.87. The van der Waals surface area contributed by atoms with Crippen molar-refractivity contribution in [3.8, 4) is 0 Å². The van der Waals surface area contributed by atoms with E-state index in [0.29, 0.717) is 11.3 Å². The van der Waals surface area contributed by atoms with Crippen LogP contribution in [0.25, 0.3) is 0 Å². The van der Waals surface area contributed by atoms with Crippen molar-refractivity contribution < 1.29 is 13.0 Å². The highest BCUT2D eigenvalue weighted by molar-refractivity contribution is 7.83. The van der Waals surface area contributed by atoms with Gasteiger partial charge in [0.2, 0.25) is 0 Å². The summed E-state index contributed by atoms with van der Waals surface area (Å²) >= 11 is 0. The molecule has 0 heterocycles.